The molecule has 0 saturated carbocycles. The summed E-state index contributed by atoms with van der Waals surface area (Å²) in [5.74, 6) is -0.0450. The van der Waals surface area contributed by atoms with E-state index in [-0.39, 0.29) is 18.0 Å². The van der Waals surface area contributed by atoms with Gasteiger partial charge in [-0.2, -0.15) is 5.10 Å². The van der Waals surface area contributed by atoms with E-state index in [0.29, 0.717) is 0 Å². The Morgan fingerprint density at radius 2 is 1.95 bits per heavy atom. The van der Waals surface area contributed by atoms with Crippen molar-refractivity contribution < 1.29 is 4.79 Å². The third-order valence-corrected chi connectivity index (χ3v) is 4.07. The van der Waals surface area contributed by atoms with Crippen LogP contribution in [0.2, 0.25) is 0 Å². The molecule has 0 aliphatic rings. The Kier molecular flexibility index (Phi) is 4.60. The molecule has 0 radical (unpaired) electrons. The molecular weight excluding hydrogens is 318 g/mol. The number of aromatic nitrogens is 2. The summed E-state index contributed by atoms with van der Waals surface area (Å²) in [6.45, 7) is 5.72. The van der Waals surface area contributed by atoms with E-state index in [0.717, 1.165) is 15.7 Å². The van der Waals surface area contributed by atoms with Gasteiger partial charge in [0.05, 0.1) is 16.2 Å². The lowest BCUT2D eigenvalue weighted by Gasteiger charge is -2.18. The van der Waals surface area contributed by atoms with Crippen molar-refractivity contribution in [2.75, 3.05) is 0 Å². The molecule has 20 heavy (non-hydrogen) atoms. The fourth-order valence-electron chi connectivity index (χ4n) is 1.94. The first-order valence-electron chi connectivity index (χ1n) is 6.55. The van der Waals surface area contributed by atoms with Gasteiger partial charge in [0.15, 0.2) is 0 Å². The number of rotatable bonds is 4. The summed E-state index contributed by atoms with van der Waals surface area (Å²) < 4.78 is 2.58. The number of carbonyl (C=O) groups is 1. The first-order valence-corrected chi connectivity index (χ1v) is 7.35. The molecule has 0 bridgehead atoms. The quantitative estimate of drug-likeness (QED) is 0.930. The molecule has 2 rings (SSSR count). The maximum absolute atomic E-state index is 12.3. The van der Waals surface area contributed by atoms with Gasteiger partial charge in [-0.15, -0.1) is 0 Å². The van der Waals surface area contributed by atoms with Crippen LogP contribution in [0.25, 0.3) is 0 Å². The Balaban J connectivity index is 2.04. The van der Waals surface area contributed by atoms with Gasteiger partial charge < -0.3 is 5.32 Å². The molecular formula is C15H18BrN3O. The van der Waals surface area contributed by atoms with E-state index in [1.165, 1.54) is 0 Å². The number of carbonyl (C=O) groups excluding carboxylic acids is 1. The van der Waals surface area contributed by atoms with E-state index in [9.17, 15) is 4.79 Å². The van der Waals surface area contributed by atoms with Crippen LogP contribution in [0.1, 0.15) is 37.2 Å². The van der Waals surface area contributed by atoms with Crippen molar-refractivity contribution in [2.24, 2.45) is 0 Å². The number of amides is 1. The Morgan fingerprint density at radius 3 is 2.50 bits per heavy atom. The highest BCUT2D eigenvalue weighted by Crippen LogP contribution is 2.18. The number of halogens is 1. The number of hydrogen-bond donors (Lipinski definition) is 1. The van der Waals surface area contributed by atoms with Gasteiger partial charge in [0.25, 0.3) is 0 Å². The normalized spacial score (nSPS) is 13.8. The van der Waals surface area contributed by atoms with Gasteiger partial charge in [0.2, 0.25) is 5.91 Å². The third-order valence-electron chi connectivity index (χ3n) is 3.29. The summed E-state index contributed by atoms with van der Waals surface area (Å²) in [7, 11) is 0. The highest BCUT2D eigenvalue weighted by Gasteiger charge is 2.19. The lowest BCUT2D eigenvalue weighted by atomic mass is 10.1. The lowest BCUT2D eigenvalue weighted by molar-refractivity contribution is -0.124. The van der Waals surface area contributed by atoms with Gasteiger partial charge in [0.1, 0.15) is 6.04 Å². The Morgan fingerprint density at radius 1 is 1.30 bits per heavy atom. The van der Waals surface area contributed by atoms with Gasteiger partial charge in [0, 0.05) is 6.20 Å². The van der Waals surface area contributed by atoms with Crippen molar-refractivity contribution in [2.45, 2.75) is 32.9 Å². The molecule has 1 aromatic heterocycles. The van der Waals surface area contributed by atoms with E-state index >= 15 is 0 Å². The molecule has 2 atom stereocenters. The molecule has 4 nitrogen and oxygen atoms in total. The van der Waals surface area contributed by atoms with Crippen LogP contribution in [0.4, 0.5) is 0 Å². The molecule has 5 heteroatoms. The maximum Gasteiger partial charge on any atom is 0.245 e. The number of aryl methyl sites for hydroxylation is 1. The van der Waals surface area contributed by atoms with Crippen LogP contribution in [0.5, 0.6) is 0 Å². The minimum Gasteiger partial charge on any atom is -0.348 e. The minimum absolute atomic E-state index is 0.0220. The zero-order valence-corrected chi connectivity index (χ0v) is 13.4. The van der Waals surface area contributed by atoms with E-state index in [1.807, 2.05) is 57.3 Å². The van der Waals surface area contributed by atoms with E-state index in [2.05, 4.69) is 26.3 Å². The van der Waals surface area contributed by atoms with Gasteiger partial charge in [-0.1, -0.05) is 30.3 Å². The molecule has 1 heterocycles. The van der Waals surface area contributed by atoms with Gasteiger partial charge in [-0.3, -0.25) is 9.48 Å². The molecule has 0 aliphatic heterocycles. The fraction of sp³-hybridized carbons (Fsp3) is 0.333. The van der Waals surface area contributed by atoms with Crippen LogP contribution < -0.4 is 5.32 Å². The lowest BCUT2D eigenvalue weighted by Crippen LogP contribution is -2.33. The van der Waals surface area contributed by atoms with Crippen LogP contribution in [-0.4, -0.2) is 15.7 Å². The average Bonchev–Trinajstić information content (AvgIpc) is 2.78. The second kappa shape index (κ2) is 6.22. The summed E-state index contributed by atoms with van der Waals surface area (Å²) in [5, 5.41) is 7.33. The molecule has 106 valence electrons. The molecule has 1 aromatic carbocycles. The van der Waals surface area contributed by atoms with Gasteiger partial charge >= 0.3 is 0 Å². The van der Waals surface area contributed by atoms with Crippen molar-refractivity contribution in [3.63, 3.8) is 0 Å². The Bertz CT molecular complexity index is 575. The molecule has 0 saturated heterocycles. The molecule has 0 spiro atoms. The second-order valence-electron chi connectivity index (χ2n) is 4.86. The monoisotopic (exact) mass is 335 g/mol. The summed E-state index contributed by atoms with van der Waals surface area (Å²) in [6.07, 6.45) is 1.83. The maximum atomic E-state index is 12.3. The fourth-order valence-corrected chi connectivity index (χ4v) is 2.23. The Labute approximate surface area is 127 Å². The molecule has 2 aromatic rings. The van der Waals surface area contributed by atoms with Crippen molar-refractivity contribution >= 4 is 21.8 Å². The predicted octanol–water partition coefficient (Wildman–Crippen LogP) is 3.39. The van der Waals surface area contributed by atoms with Crippen molar-refractivity contribution in [1.82, 2.24) is 15.1 Å². The summed E-state index contributed by atoms with van der Waals surface area (Å²) in [6, 6.07) is 9.54. The number of benzene rings is 1. The molecule has 0 aliphatic carbocycles. The number of nitrogens with zero attached hydrogens (tertiary/aromatic N) is 2. The number of hydrogen-bond acceptors (Lipinski definition) is 2. The predicted molar refractivity (Wildman–Crippen MR) is 82.4 cm³/mol. The SMILES string of the molecule is Cc1nn(C(C)C(=O)NC(C)c2ccccc2)cc1Br. The topological polar surface area (TPSA) is 46.9 Å². The third kappa shape index (κ3) is 3.28. The van der Waals surface area contributed by atoms with Crippen molar-refractivity contribution in [3.8, 4) is 0 Å². The van der Waals surface area contributed by atoms with Crippen LogP contribution in [0, 0.1) is 6.92 Å². The Hall–Kier alpha value is -1.62. The summed E-state index contributed by atoms with van der Waals surface area (Å²) in [5.41, 5.74) is 1.96. The van der Waals surface area contributed by atoms with E-state index < -0.39 is 0 Å². The van der Waals surface area contributed by atoms with Gasteiger partial charge in [-0.25, -0.2) is 0 Å². The van der Waals surface area contributed by atoms with E-state index in [1.54, 1.807) is 4.68 Å². The smallest absolute Gasteiger partial charge is 0.245 e. The molecule has 2 unspecified atom stereocenters. The average molecular weight is 336 g/mol. The van der Waals surface area contributed by atoms with Crippen LogP contribution in [-0.2, 0) is 4.79 Å². The zero-order valence-electron chi connectivity index (χ0n) is 11.8. The number of nitrogens with one attached hydrogen (secondary N) is 1. The summed E-state index contributed by atoms with van der Waals surface area (Å²) in [4.78, 5) is 12.3. The van der Waals surface area contributed by atoms with Gasteiger partial charge in [-0.05, 0) is 42.3 Å². The molecule has 0 fully saturated rings. The van der Waals surface area contributed by atoms with Crippen molar-refractivity contribution in [3.05, 3.63) is 52.3 Å². The summed E-state index contributed by atoms with van der Waals surface area (Å²) >= 11 is 3.41. The highest BCUT2D eigenvalue weighted by molar-refractivity contribution is 9.10. The first-order chi connectivity index (χ1) is 9.49. The largest absolute Gasteiger partial charge is 0.348 e. The minimum atomic E-state index is -0.342. The highest BCUT2D eigenvalue weighted by atomic mass is 79.9. The van der Waals surface area contributed by atoms with E-state index in [4.69, 9.17) is 0 Å². The first kappa shape index (κ1) is 14.8. The standard InChI is InChI=1S/C15H18BrN3O/c1-10(13-7-5-4-6-8-13)17-15(20)12(3)19-9-14(16)11(2)18-19/h4-10,12H,1-3H3,(H,17,20). The van der Waals surface area contributed by atoms with Crippen molar-refractivity contribution in [1.29, 1.82) is 0 Å². The van der Waals surface area contributed by atoms with Crippen LogP contribution in [0.3, 0.4) is 0 Å². The molecule has 1 N–H and O–H groups in total. The van der Waals surface area contributed by atoms with Crippen LogP contribution >= 0.6 is 15.9 Å². The second-order valence-corrected chi connectivity index (χ2v) is 5.71. The molecule has 1 amide bonds. The van der Waals surface area contributed by atoms with Crippen LogP contribution in [0.15, 0.2) is 41.0 Å². The zero-order chi connectivity index (χ0) is 14.7.